The second-order valence-corrected chi connectivity index (χ2v) is 3.24. The molecule has 1 aliphatic rings. The molecule has 1 heteroatoms. The van der Waals surface area contributed by atoms with Crippen molar-refractivity contribution in [1.82, 2.24) is 0 Å². The SMILES string of the molecule is CCC1=C(C)CCC(N)C1. The molecule has 0 aromatic rings. The van der Waals surface area contributed by atoms with Gasteiger partial charge >= 0.3 is 0 Å². The van der Waals surface area contributed by atoms with Crippen LogP contribution in [-0.2, 0) is 0 Å². The molecule has 1 nitrogen and oxygen atoms in total. The summed E-state index contributed by atoms with van der Waals surface area (Å²) >= 11 is 0. The van der Waals surface area contributed by atoms with E-state index in [9.17, 15) is 0 Å². The smallest absolute Gasteiger partial charge is 0.00792 e. The van der Waals surface area contributed by atoms with E-state index in [4.69, 9.17) is 5.73 Å². The maximum absolute atomic E-state index is 5.83. The van der Waals surface area contributed by atoms with Gasteiger partial charge in [0.25, 0.3) is 0 Å². The van der Waals surface area contributed by atoms with Gasteiger partial charge in [0.2, 0.25) is 0 Å². The molecule has 0 bridgehead atoms. The number of rotatable bonds is 1. The Balaban J connectivity index is 2.62. The minimum Gasteiger partial charge on any atom is -0.327 e. The zero-order valence-electron chi connectivity index (χ0n) is 6.98. The minimum atomic E-state index is 0.443. The van der Waals surface area contributed by atoms with E-state index in [0.717, 1.165) is 6.42 Å². The van der Waals surface area contributed by atoms with E-state index in [0.29, 0.717) is 6.04 Å². The molecule has 0 amide bonds. The van der Waals surface area contributed by atoms with Gasteiger partial charge in [-0.05, 0) is 32.6 Å². The summed E-state index contributed by atoms with van der Waals surface area (Å²) in [6.45, 7) is 4.46. The van der Waals surface area contributed by atoms with E-state index in [-0.39, 0.29) is 0 Å². The summed E-state index contributed by atoms with van der Waals surface area (Å²) in [5.74, 6) is 0. The maximum atomic E-state index is 5.83. The van der Waals surface area contributed by atoms with Crippen LogP contribution in [0.15, 0.2) is 11.1 Å². The fourth-order valence-corrected chi connectivity index (χ4v) is 1.62. The van der Waals surface area contributed by atoms with Crippen LogP contribution in [0.25, 0.3) is 0 Å². The van der Waals surface area contributed by atoms with Crippen LogP contribution in [0, 0.1) is 0 Å². The molecule has 0 heterocycles. The third-order valence-corrected chi connectivity index (χ3v) is 2.43. The molecule has 0 radical (unpaired) electrons. The molecule has 2 N–H and O–H groups in total. The molecule has 0 fully saturated rings. The van der Waals surface area contributed by atoms with Gasteiger partial charge in [-0.15, -0.1) is 0 Å². The zero-order valence-corrected chi connectivity index (χ0v) is 6.98. The van der Waals surface area contributed by atoms with E-state index >= 15 is 0 Å². The number of hydrogen-bond donors (Lipinski definition) is 1. The van der Waals surface area contributed by atoms with Crippen molar-refractivity contribution in [2.75, 3.05) is 0 Å². The van der Waals surface area contributed by atoms with Crippen molar-refractivity contribution in [3.05, 3.63) is 11.1 Å². The van der Waals surface area contributed by atoms with E-state index < -0.39 is 0 Å². The third-order valence-electron chi connectivity index (χ3n) is 2.43. The van der Waals surface area contributed by atoms with E-state index in [1.807, 2.05) is 0 Å². The van der Waals surface area contributed by atoms with Crippen LogP contribution < -0.4 is 5.73 Å². The van der Waals surface area contributed by atoms with Gasteiger partial charge in [-0.25, -0.2) is 0 Å². The van der Waals surface area contributed by atoms with Gasteiger partial charge in [0, 0.05) is 6.04 Å². The monoisotopic (exact) mass is 139 g/mol. The molecule has 1 unspecified atom stereocenters. The van der Waals surface area contributed by atoms with E-state index in [2.05, 4.69) is 13.8 Å². The molecule has 0 spiro atoms. The molecular weight excluding hydrogens is 122 g/mol. The first-order chi connectivity index (χ1) is 4.74. The Morgan fingerprint density at radius 2 is 2.30 bits per heavy atom. The highest BCUT2D eigenvalue weighted by Crippen LogP contribution is 2.25. The second-order valence-electron chi connectivity index (χ2n) is 3.24. The Labute approximate surface area is 63.3 Å². The summed E-state index contributed by atoms with van der Waals surface area (Å²) in [5.41, 5.74) is 9.01. The molecule has 58 valence electrons. The molecule has 0 aromatic carbocycles. The van der Waals surface area contributed by atoms with Crippen molar-refractivity contribution in [2.45, 2.75) is 45.6 Å². The lowest BCUT2D eigenvalue weighted by atomic mass is 9.88. The van der Waals surface area contributed by atoms with Gasteiger partial charge in [-0.3, -0.25) is 0 Å². The van der Waals surface area contributed by atoms with Crippen molar-refractivity contribution in [1.29, 1.82) is 0 Å². The van der Waals surface area contributed by atoms with Crippen molar-refractivity contribution >= 4 is 0 Å². The summed E-state index contributed by atoms with van der Waals surface area (Å²) in [7, 11) is 0. The Morgan fingerprint density at radius 3 is 2.80 bits per heavy atom. The molecular formula is C9H17N. The van der Waals surface area contributed by atoms with Crippen LogP contribution >= 0.6 is 0 Å². The van der Waals surface area contributed by atoms with Gasteiger partial charge < -0.3 is 5.73 Å². The van der Waals surface area contributed by atoms with Crippen molar-refractivity contribution in [2.24, 2.45) is 5.73 Å². The van der Waals surface area contributed by atoms with Gasteiger partial charge in [0.1, 0.15) is 0 Å². The summed E-state index contributed by atoms with van der Waals surface area (Å²) in [5, 5.41) is 0. The summed E-state index contributed by atoms with van der Waals surface area (Å²) < 4.78 is 0. The largest absolute Gasteiger partial charge is 0.327 e. The average molecular weight is 139 g/mol. The lowest BCUT2D eigenvalue weighted by Crippen LogP contribution is -2.23. The molecule has 0 aromatic heterocycles. The van der Waals surface area contributed by atoms with Crippen LogP contribution in [0.1, 0.15) is 39.5 Å². The Bertz CT molecular complexity index is 147. The molecule has 1 aliphatic carbocycles. The first-order valence-corrected chi connectivity index (χ1v) is 4.17. The second kappa shape index (κ2) is 3.20. The molecule has 0 saturated carbocycles. The lowest BCUT2D eigenvalue weighted by molar-refractivity contribution is 0.559. The van der Waals surface area contributed by atoms with Crippen LogP contribution in [0.3, 0.4) is 0 Å². The fraction of sp³-hybridized carbons (Fsp3) is 0.778. The average Bonchev–Trinajstić information content (AvgIpc) is 1.94. The van der Waals surface area contributed by atoms with Gasteiger partial charge in [0.15, 0.2) is 0 Å². The first-order valence-electron chi connectivity index (χ1n) is 4.17. The fourth-order valence-electron chi connectivity index (χ4n) is 1.62. The summed E-state index contributed by atoms with van der Waals surface area (Å²) in [6.07, 6.45) is 4.75. The van der Waals surface area contributed by atoms with Crippen molar-refractivity contribution < 1.29 is 0 Å². The maximum Gasteiger partial charge on any atom is 0.00792 e. The standard InChI is InChI=1S/C9H17N/c1-3-8-6-9(10)5-4-7(8)2/h9H,3-6,10H2,1-2H3. The number of allylic oxidation sites excluding steroid dienone is 1. The quantitative estimate of drug-likeness (QED) is 0.554. The lowest BCUT2D eigenvalue weighted by Gasteiger charge is -2.21. The van der Waals surface area contributed by atoms with Crippen LogP contribution in [0.5, 0.6) is 0 Å². The molecule has 10 heavy (non-hydrogen) atoms. The van der Waals surface area contributed by atoms with Gasteiger partial charge in [-0.2, -0.15) is 0 Å². The highest BCUT2D eigenvalue weighted by Gasteiger charge is 2.13. The number of nitrogens with two attached hydrogens (primary N) is 1. The van der Waals surface area contributed by atoms with Gasteiger partial charge in [-0.1, -0.05) is 18.1 Å². The topological polar surface area (TPSA) is 26.0 Å². The molecule has 1 rings (SSSR count). The van der Waals surface area contributed by atoms with Gasteiger partial charge in [0.05, 0.1) is 0 Å². The Morgan fingerprint density at radius 1 is 1.60 bits per heavy atom. The minimum absolute atomic E-state index is 0.443. The van der Waals surface area contributed by atoms with Crippen LogP contribution in [-0.4, -0.2) is 6.04 Å². The van der Waals surface area contributed by atoms with E-state index in [1.54, 1.807) is 11.1 Å². The molecule has 0 aliphatic heterocycles. The van der Waals surface area contributed by atoms with Crippen LogP contribution in [0.4, 0.5) is 0 Å². The van der Waals surface area contributed by atoms with Crippen molar-refractivity contribution in [3.8, 4) is 0 Å². The zero-order chi connectivity index (χ0) is 7.56. The predicted molar refractivity (Wildman–Crippen MR) is 44.8 cm³/mol. The summed E-state index contributed by atoms with van der Waals surface area (Å²) in [6, 6.07) is 0.443. The molecule has 0 saturated heterocycles. The van der Waals surface area contributed by atoms with Crippen LogP contribution in [0.2, 0.25) is 0 Å². The van der Waals surface area contributed by atoms with Crippen molar-refractivity contribution in [3.63, 3.8) is 0 Å². The highest BCUT2D eigenvalue weighted by molar-refractivity contribution is 5.16. The normalized spacial score (nSPS) is 27.3. The highest BCUT2D eigenvalue weighted by atomic mass is 14.6. The van der Waals surface area contributed by atoms with E-state index in [1.165, 1.54) is 19.3 Å². The first kappa shape index (κ1) is 7.80. The predicted octanol–water partition coefficient (Wildman–Crippen LogP) is 2.22. The number of hydrogen-bond acceptors (Lipinski definition) is 1. The Kier molecular flexibility index (Phi) is 2.50. The molecule has 1 atom stereocenters. The third kappa shape index (κ3) is 1.60. The summed E-state index contributed by atoms with van der Waals surface area (Å²) in [4.78, 5) is 0. The Hall–Kier alpha value is -0.300.